The first-order chi connectivity index (χ1) is 10.6. The van der Waals surface area contributed by atoms with Gasteiger partial charge in [0.25, 0.3) is 5.69 Å². The van der Waals surface area contributed by atoms with Gasteiger partial charge in [-0.05, 0) is 43.0 Å². The van der Waals surface area contributed by atoms with Crippen molar-refractivity contribution in [3.05, 3.63) is 74.8 Å². The first-order valence-electron chi connectivity index (χ1n) is 7.10. The van der Waals surface area contributed by atoms with E-state index in [0.717, 1.165) is 18.4 Å². The van der Waals surface area contributed by atoms with Gasteiger partial charge in [-0.1, -0.05) is 24.3 Å². The van der Waals surface area contributed by atoms with Crippen LogP contribution in [0.25, 0.3) is 0 Å². The van der Waals surface area contributed by atoms with Gasteiger partial charge in [0.2, 0.25) is 0 Å². The third-order valence-electron chi connectivity index (χ3n) is 3.96. The molecule has 0 bridgehead atoms. The van der Waals surface area contributed by atoms with Crippen LogP contribution >= 0.6 is 0 Å². The highest BCUT2D eigenvalue weighted by Gasteiger charge is 2.26. The monoisotopic (exact) mass is 297 g/mol. The largest absolute Gasteiger partial charge is 0.454 e. The van der Waals surface area contributed by atoms with Gasteiger partial charge in [-0.25, -0.2) is 4.79 Å². The van der Waals surface area contributed by atoms with Gasteiger partial charge in [0, 0.05) is 11.6 Å². The number of hydrogen-bond donors (Lipinski definition) is 0. The number of nitrogens with zero attached hydrogens (tertiary/aromatic N) is 1. The number of aryl methyl sites for hydroxylation is 2. The summed E-state index contributed by atoms with van der Waals surface area (Å²) in [5.74, 6) is -0.445. The average Bonchev–Trinajstić information content (AvgIpc) is 2.90. The normalized spacial score (nSPS) is 16.1. The van der Waals surface area contributed by atoms with E-state index < -0.39 is 10.9 Å². The molecule has 0 fully saturated rings. The molecule has 5 heteroatoms. The maximum atomic E-state index is 12.3. The summed E-state index contributed by atoms with van der Waals surface area (Å²) in [6.07, 6.45) is 1.43. The molecule has 0 amide bonds. The SMILES string of the molecule is Cc1cc(C(=O)O[C@@H]2CCc3ccccc32)ccc1[N+](=O)[O-]. The maximum Gasteiger partial charge on any atom is 0.338 e. The van der Waals surface area contributed by atoms with Gasteiger partial charge in [0.05, 0.1) is 10.5 Å². The Hall–Kier alpha value is -2.69. The third kappa shape index (κ3) is 2.57. The number of rotatable bonds is 3. The number of benzene rings is 2. The Kier molecular flexibility index (Phi) is 3.63. The number of carbonyl (C=O) groups is 1. The van der Waals surface area contributed by atoms with Crippen LogP contribution in [0.3, 0.4) is 0 Å². The zero-order chi connectivity index (χ0) is 15.7. The van der Waals surface area contributed by atoms with Crippen molar-refractivity contribution in [3.8, 4) is 0 Å². The van der Waals surface area contributed by atoms with Gasteiger partial charge >= 0.3 is 5.97 Å². The topological polar surface area (TPSA) is 69.4 Å². The van der Waals surface area contributed by atoms with Crippen molar-refractivity contribution in [2.24, 2.45) is 0 Å². The molecule has 0 aliphatic heterocycles. The summed E-state index contributed by atoms with van der Waals surface area (Å²) in [6, 6.07) is 12.2. The molecule has 0 aromatic heterocycles. The highest BCUT2D eigenvalue weighted by atomic mass is 16.6. The highest BCUT2D eigenvalue weighted by molar-refractivity contribution is 5.90. The summed E-state index contributed by atoms with van der Waals surface area (Å²) >= 11 is 0. The second kappa shape index (κ2) is 5.60. The first-order valence-corrected chi connectivity index (χ1v) is 7.10. The van der Waals surface area contributed by atoms with Gasteiger partial charge in [-0.3, -0.25) is 10.1 Å². The van der Waals surface area contributed by atoms with Gasteiger partial charge in [-0.2, -0.15) is 0 Å². The summed E-state index contributed by atoms with van der Waals surface area (Å²) in [7, 11) is 0. The van der Waals surface area contributed by atoms with Crippen LogP contribution in [0, 0.1) is 17.0 Å². The van der Waals surface area contributed by atoms with Crippen LogP contribution in [0.4, 0.5) is 5.69 Å². The predicted molar refractivity (Wildman–Crippen MR) is 80.8 cm³/mol. The van der Waals surface area contributed by atoms with Crippen LogP contribution in [-0.4, -0.2) is 10.9 Å². The molecule has 0 spiro atoms. The van der Waals surface area contributed by atoms with Crippen molar-refractivity contribution in [1.29, 1.82) is 0 Å². The zero-order valence-corrected chi connectivity index (χ0v) is 12.1. The molecule has 1 aliphatic rings. The fourth-order valence-corrected chi connectivity index (χ4v) is 2.83. The van der Waals surface area contributed by atoms with Crippen LogP contribution < -0.4 is 0 Å². The van der Waals surface area contributed by atoms with Crippen molar-refractivity contribution >= 4 is 11.7 Å². The lowest BCUT2D eigenvalue weighted by Crippen LogP contribution is -2.10. The Labute approximate surface area is 127 Å². The molecule has 0 heterocycles. The maximum absolute atomic E-state index is 12.3. The van der Waals surface area contributed by atoms with Crippen LogP contribution in [-0.2, 0) is 11.2 Å². The third-order valence-corrected chi connectivity index (χ3v) is 3.96. The van der Waals surface area contributed by atoms with Crippen molar-refractivity contribution in [2.75, 3.05) is 0 Å². The Bertz CT molecular complexity index is 754. The molecule has 0 saturated heterocycles. The molecule has 3 rings (SSSR count). The number of fused-ring (bicyclic) bond motifs is 1. The minimum atomic E-state index is -0.461. The summed E-state index contributed by atoms with van der Waals surface area (Å²) in [5.41, 5.74) is 3.05. The van der Waals surface area contributed by atoms with Crippen molar-refractivity contribution in [2.45, 2.75) is 25.9 Å². The highest BCUT2D eigenvalue weighted by Crippen LogP contribution is 2.34. The van der Waals surface area contributed by atoms with Crippen molar-refractivity contribution in [3.63, 3.8) is 0 Å². The Balaban J connectivity index is 1.79. The fraction of sp³-hybridized carbons (Fsp3) is 0.235. The molecule has 5 nitrogen and oxygen atoms in total. The van der Waals surface area contributed by atoms with E-state index >= 15 is 0 Å². The van der Waals surface area contributed by atoms with Crippen LogP contribution in [0.5, 0.6) is 0 Å². The first kappa shape index (κ1) is 14.3. The Morgan fingerprint density at radius 2 is 2.05 bits per heavy atom. The summed E-state index contributed by atoms with van der Waals surface area (Å²) < 4.78 is 5.57. The molecular weight excluding hydrogens is 282 g/mol. The van der Waals surface area contributed by atoms with E-state index in [1.54, 1.807) is 6.92 Å². The Morgan fingerprint density at radius 1 is 1.27 bits per heavy atom. The number of esters is 1. The molecule has 0 unspecified atom stereocenters. The predicted octanol–water partition coefficient (Wildman–Crippen LogP) is 3.75. The molecule has 0 saturated carbocycles. The number of hydrogen-bond acceptors (Lipinski definition) is 4. The van der Waals surface area contributed by atoms with E-state index in [2.05, 4.69) is 0 Å². The molecule has 0 N–H and O–H groups in total. The molecule has 112 valence electrons. The minimum absolute atomic E-state index is 0.00256. The van der Waals surface area contributed by atoms with E-state index in [-0.39, 0.29) is 11.8 Å². The fourth-order valence-electron chi connectivity index (χ4n) is 2.83. The van der Waals surface area contributed by atoms with Gasteiger partial charge in [0.15, 0.2) is 0 Å². The van der Waals surface area contributed by atoms with Gasteiger partial charge < -0.3 is 4.74 Å². The molecular formula is C17H15NO4. The van der Waals surface area contributed by atoms with Crippen LogP contribution in [0.1, 0.15) is 39.6 Å². The average molecular weight is 297 g/mol. The van der Waals surface area contributed by atoms with Crippen LogP contribution in [0.15, 0.2) is 42.5 Å². The number of nitro groups is 1. The molecule has 22 heavy (non-hydrogen) atoms. The summed E-state index contributed by atoms with van der Waals surface area (Å²) in [4.78, 5) is 22.6. The van der Waals surface area contributed by atoms with Gasteiger partial charge in [-0.15, -0.1) is 0 Å². The molecule has 0 radical (unpaired) electrons. The van der Waals surface area contributed by atoms with E-state index in [1.807, 2.05) is 24.3 Å². The standard InChI is InChI=1S/C17H15NO4/c1-11-10-13(6-8-15(11)18(20)21)17(19)22-16-9-7-12-4-2-3-5-14(12)16/h2-6,8,10,16H,7,9H2,1H3/t16-/m1/s1. The second-order valence-corrected chi connectivity index (χ2v) is 5.39. The van der Waals surface area contributed by atoms with E-state index in [0.29, 0.717) is 11.1 Å². The molecule has 1 aliphatic carbocycles. The molecule has 2 aromatic carbocycles. The van der Waals surface area contributed by atoms with Gasteiger partial charge in [0.1, 0.15) is 6.10 Å². The van der Waals surface area contributed by atoms with Crippen molar-refractivity contribution in [1.82, 2.24) is 0 Å². The zero-order valence-electron chi connectivity index (χ0n) is 12.1. The summed E-state index contributed by atoms with van der Waals surface area (Å²) in [5, 5.41) is 10.8. The number of carbonyl (C=O) groups excluding carboxylic acids is 1. The van der Waals surface area contributed by atoms with E-state index in [9.17, 15) is 14.9 Å². The number of ether oxygens (including phenoxy) is 1. The molecule has 2 aromatic rings. The lowest BCUT2D eigenvalue weighted by Gasteiger charge is -2.13. The van der Waals surface area contributed by atoms with Crippen LogP contribution in [0.2, 0.25) is 0 Å². The lowest BCUT2D eigenvalue weighted by atomic mass is 10.1. The number of nitro benzene ring substituents is 1. The minimum Gasteiger partial charge on any atom is -0.454 e. The Morgan fingerprint density at radius 3 is 2.77 bits per heavy atom. The second-order valence-electron chi connectivity index (χ2n) is 5.39. The molecule has 1 atom stereocenters. The van der Waals surface area contributed by atoms with Crippen molar-refractivity contribution < 1.29 is 14.5 Å². The lowest BCUT2D eigenvalue weighted by molar-refractivity contribution is -0.385. The van der Waals surface area contributed by atoms with E-state index in [4.69, 9.17) is 4.74 Å². The quantitative estimate of drug-likeness (QED) is 0.491. The summed E-state index contributed by atoms with van der Waals surface area (Å²) in [6.45, 7) is 1.61. The van der Waals surface area contributed by atoms with E-state index in [1.165, 1.54) is 23.8 Å². The smallest absolute Gasteiger partial charge is 0.338 e.